The molecule has 234 valence electrons. The summed E-state index contributed by atoms with van der Waals surface area (Å²) in [6.07, 6.45) is 0. The number of nitrogens with zero attached hydrogens (tertiary/aromatic N) is 2. The lowest BCUT2D eigenvalue weighted by molar-refractivity contribution is 0.341. The average molecular weight is 624 g/mol. The normalized spacial score (nSPS) is 16.5. The molecule has 1 aromatic heterocycles. The lowest BCUT2D eigenvalue weighted by Gasteiger charge is -2.42. The van der Waals surface area contributed by atoms with Gasteiger partial charge in [-0.15, -0.1) is 0 Å². The van der Waals surface area contributed by atoms with Crippen molar-refractivity contribution in [2.75, 3.05) is 7.05 Å². The topological polar surface area (TPSA) is 52.6 Å². The molecule has 1 aliphatic rings. The van der Waals surface area contributed by atoms with Crippen molar-refractivity contribution >= 4 is 44.4 Å². The van der Waals surface area contributed by atoms with Crippen molar-refractivity contribution in [3.05, 3.63) is 156 Å². The van der Waals surface area contributed by atoms with Gasteiger partial charge >= 0.3 is 0 Å². The number of amidine groups is 2. The van der Waals surface area contributed by atoms with Gasteiger partial charge in [-0.3, -0.25) is 5.41 Å². The van der Waals surface area contributed by atoms with Crippen molar-refractivity contribution in [2.45, 2.75) is 20.8 Å². The smallest absolute Gasteiger partial charge is 0.154 e. The van der Waals surface area contributed by atoms with E-state index in [1.165, 1.54) is 22.4 Å². The molecule has 0 spiro atoms. The second kappa shape index (κ2) is 11.8. The Morgan fingerprint density at radius 3 is 2.12 bits per heavy atom. The van der Waals surface area contributed by atoms with Crippen LogP contribution in [0.2, 0.25) is 0 Å². The van der Waals surface area contributed by atoms with Gasteiger partial charge in [0.15, 0.2) is 5.84 Å². The molecule has 1 aliphatic carbocycles. The first-order chi connectivity index (χ1) is 23.4. The standard InChI is InChI=1S/C44H37N3O/c1-27-28(2)41(29(27)3)47(4)44(46-43(45)35-23-20-31-14-8-9-15-34(31)26-35)38-25-24-36(42-40(38)37-16-10-11-17-39(37)48-42)33-21-18-32(19-22-33)30-12-6-5-7-13-30/h5-28,45H,1-4H3/b45-43?,46-44-/t27?,28-/m1/s1. The number of hydrogen-bond donors (Lipinski definition) is 1. The number of aliphatic imine (C=N–C) groups is 1. The Bertz CT molecular complexity index is 2410. The Morgan fingerprint density at radius 2 is 1.35 bits per heavy atom. The number of furan rings is 1. The molecule has 4 heteroatoms. The molecule has 1 heterocycles. The van der Waals surface area contributed by atoms with Crippen LogP contribution in [-0.4, -0.2) is 23.6 Å². The fourth-order valence-electron chi connectivity index (χ4n) is 7.33. The average Bonchev–Trinajstić information content (AvgIpc) is 3.53. The van der Waals surface area contributed by atoms with Gasteiger partial charge in [-0.25, -0.2) is 4.99 Å². The van der Waals surface area contributed by atoms with E-state index in [9.17, 15) is 5.41 Å². The predicted molar refractivity (Wildman–Crippen MR) is 201 cm³/mol. The van der Waals surface area contributed by atoms with Crippen LogP contribution in [0.4, 0.5) is 0 Å². The highest BCUT2D eigenvalue weighted by atomic mass is 16.3. The Balaban J connectivity index is 1.32. The van der Waals surface area contributed by atoms with Gasteiger partial charge in [-0.1, -0.05) is 123 Å². The van der Waals surface area contributed by atoms with Gasteiger partial charge in [0, 0.05) is 46.1 Å². The SMILES string of the molecule is CC1=C(N(C)/C(=N\C(=N)c2ccc3ccccc3c2)c2ccc(-c3ccc(-c4ccccc4)cc3)c3oc4ccccc4c23)[C@H](C)C1C. The van der Waals surface area contributed by atoms with Gasteiger partial charge < -0.3 is 9.32 Å². The Kier molecular flexibility index (Phi) is 7.29. The number of para-hydroxylation sites is 1. The minimum absolute atomic E-state index is 0.224. The number of hydrogen-bond acceptors (Lipinski definition) is 2. The summed E-state index contributed by atoms with van der Waals surface area (Å²) in [6.45, 7) is 6.78. The summed E-state index contributed by atoms with van der Waals surface area (Å²) in [5.41, 5.74) is 10.5. The van der Waals surface area contributed by atoms with Gasteiger partial charge in [-0.2, -0.15) is 0 Å². The Labute approximate surface area is 281 Å². The van der Waals surface area contributed by atoms with Crippen LogP contribution in [0.1, 0.15) is 31.9 Å². The summed E-state index contributed by atoms with van der Waals surface area (Å²) in [6, 6.07) is 46.0. The van der Waals surface area contributed by atoms with Gasteiger partial charge in [0.25, 0.3) is 0 Å². The zero-order valence-electron chi connectivity index (χ0n) is 27.7. The molecule has 0 amide bonds. The maximum absolute atomic E-state index is 9.28. The molecule has 8 rings (SSSR count). The van der Waals surface area contributed by atoms with Crippen LogP contribution in [0.15, 0.2) is 154 Å². The van der Waals surface area contributed by atoms with E-state index in [0.717, 1.165) is 60.8 Å². The van der Waals surface area contributed by atoms with Gasteiger partial charge in [0.2, 0.25) is 0 Å². The molecule has 4 nitrogen and oxygen atoms in total. The molecule has 0 saturated heterocycles. The fourth-order valence-corrected chi connectivity index (χ4v) is 7.33. The first-order valence-electron chi connectivity index (χ1n) is 16.6. The summed E-state index contributed by atoms with van der Waals surface area (Å²) >= 11 is 0. The molecule has 6 aromatic carbocycles. The zero-order chi connectivity index (χ0) is 32.9. The molecular weight excluding hydrogens is 587 g/mol. The summed E-state index contributed by atoms with van der Waals surface area (Å²) < 4.78 is 6.68. The van der Waals surface area contributed by atoms with Crippen LogP contribution in [0.3, 0.4) is 0 Å². The third-order valence-electron chi connectivity index (χ3n) is 10.3. The summed E-state index contributed by atoms with van der Waals surface area (Å²) in [5, 5.41) is 13.6. The molecule has 0 fully saturated rings. The molecular formula is C44H37N3O. The van der Waals surface area contributed by atoms with E-state index in [2.05, 4.69) is 130 Å². The number of fused-ring (bicyclic) bond motifs is 4. The van der Waals surface area contributed by atoms with Crippen molar-refractivity contribution in [3.8, 4) is 22.3 Å². The molecule has 1 unspecified atom stereocenters. The third-order valence-corrected chi connectivity index (χ3v) is 10.3. The van der Waals surface area contributed by atoms with E-state index in [0.29, 0.717) is 11.8 Å². The number of nitrogens with one attached hydrogen (secondary N) is 1. The van der Waals surface area contributed by atoms with Crippen molar-refractivity contribution < 1.29 is 4.42 Å². The lowest BCUT2D eigenvalue weighted by Crippen LogP contribution is -2.39. The van der Waals surface area contributed by atoms with Crippen molar-refractivity contribution in [1.82, 2.24) is 4.90 Å². The highest BCUT2D eigenvalue weighted by molar-refractivity contribution is 6.23. The quantitative estimate of drug-likeness (QED) is 0.153. The zero-order valence-corrected chi connectivity index (χ0v) is 27.7. The first kappa shape index (κ1) is 29.6. The highest BCUT2D eigenvalue weighted by Crippen LogP contribution is 2.44. The van der Waals surface area contributed by atoms with Gasteiger partial charge in [0.1, 0.15) is 17.0 Å². The van der Waals surface area contributed by atoms with E-state index < -0.39 is 0 Å². The molecule has 0 bridgehead atoms. The molecule has 1 N–H and O–H groups in total. The molecule has 7 aromatic rings. The van der Waals surface area contributed by atoms with E-state index in [1.807, 2.05) is 36.4 Å². The minimum atomic E-state index is 0.224. The maximum atomic E-state index is 9.28. The lowest BCUT2D eigenvalue weighted by atomic mass is 9.73. The summed E-state index contributed by atoms with van der Waals surface area (Å²) in [4.78, 5) is 7.36. The van der Waals surface area contributed by atoms with Crippen LogP contribution in [0.5, 0.6) is 0 Å². The number of allylic oxidation sites excluding steroid dienone is 2. The first-order valence-corrected chi connectivity index (χ1v) is 16.6. The predicted octanol–water partition coefficient (Wildman–Crippen LogP) is 11.3. The minimum Gasteiger partial charge on any atom is -0.455 e. The third kappa shape index (κ3) is 4.92. The van der Waals surface area contributed by atoms with Crippen LogP contribution < -0.4 is 0 Å². The fraction of sp³-hybridized carbons (Fsp3) is 0.136. The van der Waals surface area contributed by atoms with E-state index >= 15 is 0 Å². The number of benzene rings is 6. The maximum Gasteiger partial charge on any atom is 0.154 e. The Hall–Kier alpha value is -5.74. The second-order valence-electron chi connectivity index (χ2n) is 13.0. The van der Waals surface area contributed by atoms with Crippen LogP contribution >= 0.6 is 0 Å². The van der Waals surface area contributed by atoms with E-state index in [1.54, 1.807) is 0 Å². The largest absolute Gasteiger partial charge is 0.455 e. The van der Waals surface area contributed by atoms with E-state index in [-0.39, 0.29) is 5.84 Å². The van der Waals surface area contributed by atoms with Crippen LogP contribution in [-0.2, 0) is 0 Å². The van der Waals surface area contributed by atoms with Crippen molar-refractivity contribution in [1.29, 1.82) is 5.41 Å². The summed E-state index contributed by atoms with van der Waals surface area (Å²) in [7, 11) is 2.10. The van der Waals surface area contributed by atoms with Gasteiger partial charge in [0.05, 0.1) is 0 Å². The van der Waals surface area contributed by atoms with Crippen LogP contribution in [0.25, 0.3) is 55.0 Å². The van der Waals surface area contributed by atoms with Crippen LogP contribution in [0, 0.1) is 17.2 Å². The van der Waals surface area contributed by atoms with Crippen molar-refractivity contribution in [3.63, 3.8) is 0 Å². The number of rotatable bonds is 5. The molecule has 2 atom stereocenters. The second-order valence-corrected chi connectivity index (χ2v) is 13.0. The molecule has 48 heavy (non-hydrogen) atoms. The van der Waals surface area contributed by atoms with Crippen molar-refractivity contribution in [2.24, 2.45) is 16.8 Å². The molecule has 0 radical (unpaired) electrons. The molecule has 0 saturated carbocycles. The van der Waals surface area contributed by atoms with E-state index in [4.69, 9.17) is 9.41 Å². The Morgan fingerprint density at radius 1 is 0.688 bits per heavy atom. The summed E-state index contributed by atoms with van der Waals surface area (Å²) in [5.74, 6) is 1.85. The molecule has 0 aliphatic heterocycles. The van der Waals surface area contributed by atoms with Gasteiger partial charge in [-0.05, 0) is 70.1 Å². The monoisotopic (exact) mass is 623 g/mol. The highest BCUT2D eigenvalue weighted by Gasteiger charge is 2.35.